The van der Waals surface area contributed by atoms with Crippen molar-refractivity contribution in [3.63, 3.8) is 0 Å². The predicted molar refractivity (Wildman–Crippen MR) is 218 cm³/mol. The highest BCUT2D eigenvalue weighted by molar-refractivity contribution is 5.66. The Morgan fingerprint density at radius 2 is 1.63 bits per heavy atom. The lowest BCUT2D eigenvalue weighted by Crippen LogP contribution is -2.36. The molecule has 5 nitrogen and oxygen atoms in total. The number of aromatic nitrogens is 3. The fraction of sp³-hybridized carbons (Fsp3) is 0.609. The molecule has 1 aromatic carbocycles. The highest BCUT2D eigenvalue weighted by Gasteiger charge is 2.29. The van der Waals surface area contributed by atoms with Gasteiger partial charge in [-0.2, -0.15) is 5.10 Å². The molecule has 0 unspecified atom stereocenters. The molecule has 0 atom stereocenters. The van der Waals surface area contributed by atoms with E-state index in [1.54, 1.807) is 5.56 Å². The van der Waals surface area contributed by atoms with Gasteiger partial charge in [0.15, 0.2) is 0 Å². The fourth-order valence-corrected chi connectivity index (χ4v) is 8.49. The van der Waals surface area contributed by atoms with Crippen LogP contribution in [0.3, 0.4) is 0 Å². The first kappa shape index (κ1) is 38.9. The van der Waals surface area contributed by atoms with Crippen molar-refractivity contribution < 1.29 is 0 Å². The van der Waals surface area contributed by atoms with Crippen molar-refractivity contribution in [1.82, 2.24) is 19.7 Å². The Hall–Kier alpha value is -3.34. The largest absolute Gasteiger partial charge is 0.375 e. The number of rotatable bonds is 11. The Kier molecular flexibility index (Phi) is 13.7. The van der Waals surface area contributed by atoms with Crippen LogP contribution in [0.2, 0.25) is 0 Å². The Morgan fingerprint density at radius 1 is 0.922 bits per heavy atom. The Bertz CT molecular complexity index is 1560. The monoisotopic (exact) mass is 692 g/mol. The van der Waals surface area contributed by atoms with Crippen LogP contribution >= 0.6 is 0 Å². The van der Waals surface area contributed by atoms with Gasteiger partial charge in [-0.05, 0) is 143 Å². The molecule has 5 heteroatoms. The first-order valence-electron chi connectivity index (χ1n) is 20.5. The topological polar surface area (TPSA) is 37.2 Å². The molecule has 6 rings (SSSR count). The number of aryl methyl sites for hydroxylation is 2. The van der Waals surface area contributed by atoms with Crippen molar-refractivity contribution >= 4 is 5.82 Å². The Morgan fingerprint density at radius 3 is 2.24 bits per heavy atom. The lowest BCUT2D eigenvalue weighted by molar-refractivity contribution is 0.160. The highest BCUT2D eigenvalue weighted by atomic mass is 15.3. The first-order chi connectivity index (χ1) is 24.5. The zero-order chi connectivity index (χ0) is 36.5. The van der Waals surface area contributed by atoms with Gasteiger partial charge >= 0.3 is 0 Å². The second-order valence-corrected chi connectivity index (χ2v) is 17.0. The molecule has 2 aromatic heterocycles. The highest BCUT2D eigenvalue weighted by Crippen LogP contribution is 2.40. The summed E-state index contributed by atoms with van der Waals surface area (Å²) in [5.74, 6) is 2.99. The fourth-order valence-electron chi connectivity index (χ4n) is 8.49. The van der Waals surface area contributed by atoms with Crippen LogP contribution in [0.15, 0.2) is 73.5 Å². The average molecular weight is 692 g/mol. The van der Waals surface area contributed by atoms with Gasteiger partial charge in [0.05, 0.1) is 6.20 Å². The molecule has 278 valence electrons. The SMILES string of the molecule is C=C(C1CCCCC1)N(CC1CCC(c2ccc(CC)c(C)c2)CC1)c1cc(-c2cnn(C(C)C)c2)ccn1.C=C(CC)N1CCC(C)(C)CC1. The molecule has 3 aliphatic rings. The Labute approximate surface area is 311 Å². The van der Waals surface area contributed by atoms with Crippen LogP contribution in [0.1, 0.15) is 147 Å². The van der Waals surface area contributed by atoms with Gasteiger partial charge in [-0.25, -0.2) is 4.98 Å². The maximum absolute atomic E-state index is 4.91. The van der Waals surface area contributed by atoms with E-state index in [9.17, 15) is 0 Å². The molecule has 0 N–H and O–H groups in total. The molecular formula is C46H69N5. The maximum atomic E-state index is 4.91. The smallest absolute Gasteiger partial charge is 0.133 e. The second-order valence-electron chi connectivity index (χ2n) is 17.0. The van der Waals surface area contributed by atoms with Crippen LogP contribution in [0.25, 0.3) is 11.1 Å². The number of anilines is 1. The lowest BCUT2D eigenvalue weighted by Gasteiger charge is -2.38. The van der Waals surface area contributed by atoms with Crippen LogP contribution in [-0.4, -0.2) is 39.3 Å². The summed E-state index contributed by atoms with van der Waals surface area (Å²) in [6.45, 7) is 28.0. The molecule has 3 heterocycles. The predicted octanol–water partition coefficient (Wildman–Crippen LogP) is 12.3. The standard InChI is InChI=1S/C35H48N4.C11H21N/c1-6-29-16-17-32(20-26(29)4)31-14-12-28(13-15-31)23-38(27(5)30-10-8-7-9-11-30)35-21-33(18-19-36-35)34-22-37-39(24-34)25(2)3;1-5-10(2)12-8-6-11(3,4)7-9-12/h16-22,24-25,28,30-31H,5-15,23H2,1-4H3;2,5-9H2,1,3-4H3. The zero-order valence-electron chi connectivity index (χ0n) is 33.4. The van der Waals surface area contributed by atoms with Gasteiger partial charge in [-0.3, -0.25) is 4.68 Å². The third kappa shape index (κ3) is 10.4. The first-order valence-corrected chi connectivity index (χ1v) is 20.5. The maximum Gasteiger partial charge on any atom is 0.133 e. The normalized spacial score (nSPS) is 20.8. The summed E-state index contributed by atoms with van der Waals surface area (Å²) in [5, 5.41) is 4.58. The minimum atomic E-state index is 0.353. The molecule has 0 amide bonds. The molecule has 0 radical (unpaired) electrons. The summed E-state index contributed by atoms with van der Waals surface area (Å²) < 4.78 is 2.03. The average Bonchev–Trinajstić information content (AvgIpc) is 3.66. The lowest BCUT2D eigenvalue weighted by atomic mass is 9.77. The summed E-state index contributed by atoms with van der Waals surface area (Å²) in [6.07, 6.45) is 22.6. The van der Waals surface area contributed by atoms with E-state index in [2.05, 4.69) is 106 Å². The number of likely N-dealkylation sites (tertiary alicyclic amines) is 1. The van der Waals surface area contributed by atoms with E-state index in [0.29, 0.717) is 29.2 Å². The van der Waals surface area contributed by atoms with E-state index < -0.39 is 0 Å². The molecule has 0 bridgehead atoms. The van der Waals surface area contributed by atoms with Gasteiger partial charge in [-0.1, -0.05) is 78.3 Å². The zero-order valence-corrected chi connectivity index (χ0v) is 33.4. The van der Waals surface area contributed by atoms with Gasteiger partial charge in [0.25, 0.3) is 0 Å². The molecule has 1 aliphatic heterocycles. The molecule has 1 saturated heterocycles. The van der Waals surface area contributed by atoms with E-state index in [1.165, 1.54) is 112 Å². The van der Waals surface area contributed by atoms with Gasteiger partial charge in [0, 0.05) is 55.0 Å². The van der Waals surface area contributed by atoms with Crippen molar-refractivity contribution in [3.8, 4) is 11.1 Å². The van der Waals surface area contributed by atoms with Crippen molar-refractivity contribution in [2.45, 2.75) is 144 Å². The molecule has 2 aliphatic carbocycles. The number of allylic oxidation sites excluding steroid dienone is 2. The van der Waals surface area contributed by atoms with E-state index in [1.807, 2.05) is 17.1 Å². The minimum Gasteiger partial charge on any atom is -0.375 e. The summed E-state index contributed by atoms with van der Waals surface area (Å²) in [4.78, 5) is 9.85. The number of nitrogens with zero attached hydrogens (tertiary/aromatic N) is 5. The summed E-state index contributed by atoms with van der Waals surface area (Å²) >= 11 is 0. The van der Waals surface area contributed by atoms with E-state index in [-0.39, 0.29) is 0 Å². The van der Waals surface area contributed by atoms with Gasteiger partial charge in [0.1, 0.15) is 5.82 Å². The van der Waals surface area contributed by atoms with Crippen LogP contribution in [0.5, 0.6) is 0 Å². The van der Waals surface area contributed by atoms with Gasteiger partial charge in [-0.15, -0.1) is 0 Å². The van der Waals surface area contributed by atoms with Gasteiger partial charge < -0.3 is 9.80 Å². The molecule has 3 aromatic rings. The van der Waals surface area contributed by atoms with Crippen molar-refractivity contribution in [3.05, 3.63) is 90.2 Å². The second kappa shape index (κ2) is 17.9. The van der Waals surface area contributed by atoms with E-state index in [4.69, 9.17) is 11.6 Å². The molecular weight excluding hydrogens is 623 g/mol. The van der Waals surface area contributed by atoms with Crippen molar-refractivity contribution in [2.24, 2.45) is 17.3 Å². The van der Waals surface area contributed by atoms with Crippen molar-refractivity contribution in [1.29, 1.82) is 0 Å². The quantitative estimate of drug-likeness (QED) is 0.201. The number of benzene rings is 1. The molecule has 3 fully saturated rings. The van der Waals surface area contributed by atoms with Crippen LogP contribution in [-0.2, 0) is 6.42 Å². The Balaban J connectivity index is 0.000000357. The number of pyridine rings is 1. The van der Waals surface area contributed by atoms with Crippen molar-refractivity contribution in [2.75, 3.05) is 24.5 Å². The van der Waals surface area contributed by atoms with Crippen LogP contribution in [0, 0.1) is 24.2 Å². The molecule has 2 saturated carbocycles. The van der Waals surface area contributed by atoms with E-state index in [0.717, 1.165) is 30.8 Å². The van der Waals surface area contributed by atoms with Crippen LogP contribution < -0.4 is 4.90 Å². The summed E-state index contributed by atoms with van der Waals surface area (Å²) in [6, 6.07) is 11.9. The third-order valence-corrected chi connectivity index (χ3v) is 12.4. The van der Waals surface area contributed by atoms with Gasteiger partial charge in [0.2, 0.25) is 0 Å². The molecule has 0 spiro atoms. The molecule has 51 heavy (non-hydrogen) atoms. The number of hydrogen-bond acceptors (Lipinski definition) is 4. The summed E-state index contributed by atoms with van der Waals surface area (Å²) in [7, 11) is 0. The minimum absolute atomic E-state index is 0.353. The van der Waals surface area contributed by atoms with E-state index >= 15 is 0 Å². The van der Waals surface area contributed by atoms with Crippen LogP contribution in [0.4, 0.5) is 5.82 Å². The summed E-state index contributed by atoms with van der Waals surface area (Å²) in [5.41, 5.74) is 9.97. The third-order valence-electron chi connectivity index (χ3n) is 12.4. The number of hydrogen-bond donors (Lipinski definition) is 0. The number of piperidine rings is 1.